The lowest BCUT2D eigenvalue weighted by molar-refractivity contribution is 0.275. The number of aromatic nitrogens is 2. The van der Waals surface area contributed by atoms with E-state index in [2.05, 4.69) is 16.7 Å². The highest BCUT2D eigenvalue weighted by atomic mass is 16.5. The zero-order valence-electron chi connectivity index (χ0n) is 17.8. The minimum atomic E-state index is -0.281. The summed E-state index contributed by atoms with van der Waals surface area (Å²) in [6, 6.07) is 17.3. The topological polar surface area (TPSA) is 56.5 Å². The summed E-state index contributed by atoms with van der Waals surface area (Å²) in [7, 11) is 3.35. The first-order valence-corrected chi connectivity index (χ1v) is 10.3. The molecule has 1 aliphatic rings. The summed E-state index contributed by atoms with van der Waals surface area (Å²) in [6.45, 7) is 2.08. The second-order valence-corrected chi connectivity index (χ2v) is 7.63. The van der Waals surface area contributed by atoms with Crippen molar-refractivity contribution in [2.45, 2.75) is 19.5 Å². The first-order valence-electron chi connectivity index (χ1n) is 10.3. The van der Waals surface area contributed by atoms with Gasteiger partial charge >= 0.3 is 5.69 Å². The Kier molecular flexibility index (Phi) is 6.06. The molecule has 0 aliphatic carbocycles. The van der Waals surface area contributed by atoms with E-state index >= 15 is 0 Å². The fourth-order valence-corrected chi connectivity index (χ4v) is 3.88. The number of rotatable bonds is 4. The molecule has 0 N–H and O–H groups in total. The molecule has 0 fully saturated rings. The Hall–Kier alpha value is -3.56. The molecule has 2 aromatic carbocycles. The van der Waals surface area contributed by atoms with Crippen molar-refractivity contribution in [2.24, 2.45) is 7.05 Å². The molecule has 0 radical (unpaired) electrons. The van der Waals surface area contributed by atoms with E-state index in [0.29, 0.717) is 25.1 Å². The molecule has 0 spiro atoms. The maximum atomic E-state index is 13.2. The maximum absolute atomic E-state index is 13.2. The molecular weight excluding hydrogens is 390 g/mol. The number of methoxy groups -OCH3 is 1. The summed E-state index contributed by atoms with van der Waals surface area (Å²) in [6.07, 6.45) is 0.659. The molecular formula is C25H25N3O3. The second-order valence-electron chi connectivity index (χ2n) is 7.63. The van der Waals surface area contributed by atoms with Crippen LogP contribution in [0.3, 0.4) is 0 Å². The summed E-state index contributed by atoms with van der Waals surface area (Å²) in [5.74, 6) is 7.10. The van der Waals surface area contributed by atoms with Crippen molar-refractivity contribution in [3.05, 3.63) is 97.8 Å². The normalized spacial score (nSPS) is 13.2. The highest BCUT2D eigenvalue weighted by Gasteiger charge is 2.23. The number of benzene rings is 2. The van der Waals surface area contributed by atoms with E-state index in [-0.39, 0.29) is 17.8 Å². The Morgan fingerprint density at radius 2 is 1.77 bits per heavy atom. The summed E-state index contributed by atoms with van der Waals surface area (Å²) in [5.41, 5.74) is 2.87. The predicted octanol–water partition coefficient (Wildman–Crippen LogP) is 2.01. The van der Waals surface area contributed by atoms with Crippen LogP contribution < -0.4 is 16.0 Å². The summed E-state index contributed by atoms with van der Waals surface area (Å²) < 4.78 is 8.12. The number of hydrogen-bond donors (Lipinski definition) is 0. The molecule has 0 bridgehead atoms. The Morgan fingerprint density at radius 3 is 2.48 bits per heavy atom. The van der Waals surface area contributed by atoms with Crippen molar-refractivity contribution in [1.82, 2.24) is 14.0 Å². The zero-order chi connectivity index (χ0) is 21.8. The minimum Gasteiger partial charge on any atom is -0.497 e. The van der Waals surface area contributed by atoms with Gasteiger partial charge in [0.05, 0.1) is 25.8 Å². The van der Waals surface area contributed by atoms with Crippen molar-refractivity contribution >= 4 is 0 Å². The lowest BCUT2D eigenvalue weighted by Crippen LogP contribution is -2.47. The molecule has 6 heteroatoms. The van der Waals surface area contributed by atoms with Gasteiger partial charge < -0.3 is 9.30 Å². The average molecular weight is 415 g/mol. The van der Waals surface area contributed by atoms with Crippen molar-refractivity contribution in [3.8, 4) is 17.6 Å². The summed E-state index contributed by atoms with van der Waals surface area (Å²) >= 11 is 0. The molecule has 0 atom stereocenters. The Balaban J connectivity index is 1.58. The van der Waals surface area contributed by atoms with Gasteiger partial charge in [0.2, 0.25) is 0 Å². The summed E-state index contributed by atoms with van der Waals surface area (Å²) in [4.78, 5) is 28.2. The molecule has 6 nitrogen and oxygen atoms in total. The van der Waals surface area contributed by atoms with E-state index < -0.39 is 0 Å². The molecule has 0 saturated carbocycles. The van der Waals surface area contributed by atoms with E-state index in [4.69, 9.17) is 4.74 Å². The van der Waals surface area contributed by atoms with Gasteiger partial charge in [-0.1, -0.05) is 42.2 Å². The van der Waals surface area contributed by atoms with Gasteiger partial charge in [0.15, 0.2) is 0 Å². The standard InChI is InChI=1S/C25H25N3O3/c1-26-23-14-16-27(15-6-9-19-7-4-3-5-8-19)18-22(23)24(29)28(25(26)30)17-20-10-12-21(31-2)13-11-20/h3-5,7-8,10-13H,14-18H2,1-2H3. The van der Waals surface area contributed by atoms with Gasteiger partial charge in [-0.2, -0.15) is 0 Å². The van der Waals surface area contributed by atoms with Gasteiger partial charge in [0, 0.05) is 37.8 Å². The Bertz CT molecular complexity index is 1250. The fourth-order valence-electron chi connectivity index (χ4n) is 3.88. The molecule has 4 rings (SSSR count). The molecule has 3 aromatic rings. The molecule has 1 aromatic heterocycles. The zero-order valence-corrected chi connectivity index (χ0v) is 17.8. The number of fused-ring (bicyclic) bond motifs is 1. The van der Waals surface area contributed by atoms with Crippen LogP contribution in [0.4, 0.5) is 0 Å². The summed E-state index contributed by atoms with van der Waals surface area (Å²) in [5, 5.41) is 0. The van der Waals surface area contributed by atoms with E-state index in [1.165, 1.54) is 4.57 Å². The highest BCUT2D eigenvalue weighted by molar-refractivity contribution is 5.34. The number of nitrogens with zero attached hydrogens (tertiary/aromatic N) is 3. The van der Waals surface area contributed by atoms with E-state index in [1.54, 1.807) is 18.7 Å². The lowest BCUT2D eigenvalue weighted by atomic mass is 10.1. The minimum absolute atomic E-state index is 0.213. The first-order chi connectivity index (χ1) is 15.1. The highest BCUT2D eigenvalue weighted by Crippen LogP contribution is 2.15. The first kappa shape index (κ1) is 20.7. The third-order valence-corrected chi connectivity index (χ3v) is 5.63. The van der Waals surface area contributed by atoms with Crippen molar-refractivity contribution < 1.29 is 4.74 Å². The average Bonchev–Trinajstić information content (AvgIpc) is 2.81. The Morgan fingerprint density at radius 1 is 1.03 bits per heavy atom. The van der Waals surface area contributed by atoms with Crippen LogP contribution in [0.15, 0.2) is 64.2 Å². The van der Waals surface area contributed by atoms with Crippen molar-refractivity contribution in [3.63, 3.8) is 0 Å². The van der Waals surface area contributed by atoms with Gasteiger partial charge in [-0.3, -0.25) is 14.3 Å². The molecule has 2 heterocycles. The van der Waals surface area contributed by atoms with E-state index in [9.17, 15) is 9.59 Å². The third kappa shape index (κ3) is 4.47. The van der Waals surface area contributed by atoms with Gasteiger partial charge in [0.1, 0.15) is 5.75 Å². The second kappa shape index (κ2) is 9.07. The predicted molar refractivity (Wildman–Crippen MR) is 120 cm³/mol. The van der Waals surface area contributed by atoms with Crippen LogP contribution in [0, 0.1) is 11.8 Å². The van der Waals surface area contributed by atoms with Crippen LogP contribution in [0.2, 0.25) is 0 Å². The van der Waals surface area contributed by atoms with Crippen molar-refractivity contribution in [2.75, 3.05) is 20.2 Å². The third-order valence-electron chi connectivity index (χ3n) is 5.63. The molecule has 158 valence electrons. The lowest BCUT2D eigenvalue weighted by Gasteiger charge is -2.28. The van der Waals surface area contributed by atoms with Gasteiger partial charge in [-0.15, -0.1) is 0 Å². The largest absolute Gasteiger partial charge is 0.497 e. The van der Waals surface area contributed by atoms with Crippen LogP contribution in [0.25, 0.3) is 0 Å². The molecule has 1 aliphatic heterocycles. The fraction of sp³-hybridized carbons (Fsp3) is 0.280. The number of hydrogen-bond acceptors (Lipinski definition) is 4. The number of ether oxygens (including phenoxy) is 1. The maximum Gasteiger partial charge on any atom is 0.331 e. The van der Waals surface area contributed by atoms with Crippen LogP contribution in [-0.4, -0.2) is 34.2 Å². The van der Waals surface area contributed by atoms with Gasteiger partial charge in [-0.25, -0.2) is 4.79 Å². The monoisotopic (exact) mass is 415 g/mol. The Labute approximate surface area is 181 Å². The van der Waals surface area contributed by atoms with Gasteiger partial charge in [0.25, 0.3) is 5.56 Å². The SMILES string of the molecule is COc1ccc(Cn2c(=O)c3c(n(C)c2=O)CCN(CC#Cc2ccccc2)C3)cc1. The quantitative estimate of drug-likeness (QED) is 0.612. The van der Waals surface area contributed by atoms with Crippen LogP contribution >= 0.6 is 0 Å². The van der Waals surface area contributed by atoms with E-state index in [0.717, 1.165) is 29.1 Å². The molecule has 0 amide bonds. The molecule has 0 unspecified atom stereocenters. The van der Waals surface area contributed by atoms with Crippen LogP contribution in [-0.2, 0) is 26.6 Å². The molecule has 31 heavy (non-hydrogen) atoms. The van der Waals surface area contributed by atoms with E-state index in [1.807, 2.05) is 54.6 Å². The smallest absolute Gasteiger partial charge is 0.331 e. The van der Waals surface area contributed by atoms with Gasteiger partial charge in [-0.05, 0) is 29.8 Å². The molecule has 0 saturated heterocycles. The van der Waals surface area contributed by atoms with Crippen molar-refractivity contribution in [1.29, 1.82) is 0 Å². The van der Waals surface area contributed by atoms with Crippen LogP contribution in [0.1, 0.15) is 22.4 Å². The van der Waals surface area contributed by atoms with Crippen LogP contribution in [0.5, 0.6) is 5.75 Å².